The Bertz CT molecular complexity index is 3820. The molecule has 0 unspecified atom stereocenters. The van der Waals surface area contributed by atoms with E-state index in [0.29, 0.717) is 23.5 Å². The molecular formula is C52H30N6O2. The topological polar surface area (TPSA) is 87.7 Å². The van der Waals surface area contributed by atoms with Crippen molar-refractivity contribution in [2.24, 2.45) is 0 Å². The Balaban J connectivity index is 1.14. The number of aromatic nitrogens is 6. The number of benzene rings is 8. The molecule has 0 aliphatic rings. The molecular weight excluding hydrogens is 741 g/mol. The van der Waals surface area contributed by atoms with Crippen LogP contribution >= 0.6 is 0 Å². The third kappa shape index (κ3) is 4.79. The van der Waals surface area contributed by atoms with Crippen molar-refractivity contribution in [2.45, 2.75) is 0 Å². The average molecular weight is 771 g/mol. The monoisotopic (exact) mass is 770 g/mol. The number of fused-ring (bicyclic) bond motifs is 11. The Kier molecular flexibility index (Phi) is 6.85. The molecule has 0 spiro atoms. The third-order valence-electron chi connectivity index (χ3n) is 11.6. The van der Waals surface area contributed by atoms with Crippen LogP contribution in [0.5, 0.6) is 0 Å². The van der Waals surface area contributed by atoms with Gasteiger partial charge in [-0.15, -0.1) is 0 Å². The minimum absolute atomic E-state index is 0.502. The van der Waals surface area contributed by atoms with Crippen LogP contribution in [0, 0.1) is 0 Å². The zero-order valence-electron chi connectivity index (χ0n) is 31.8. The second kappa shape index (κ2) is 12.6. The fraction of sp³-hybridized carbons (Fsp3) is 0. The van der Waals surface area contributed by atoms with Crippen molar-refractivity contribution in [1.29, 1.82) is 0 Å². The molecule has 8 heteroatoms. The fourth-order valence-electron chi connectivity index (χ4n) is 8.98. The highest BCUT2D eigenvalue weighted by Crippen LogP contribution is 2.42. The van der Waals surface area contributed by atoms with Gasteiger partial charge in [0.25, 0.3) is 0 Å². The molecule has 0 saturated heterocycles. The second-order valence-electron chi connectivity index (χ2n) is 15.0. The molecule has 0 N–H and O–H groups in total. The molecule has 13 aromatic rings. The molecule has 0 radical (unpaired) electrons. The number of nitrogens with zero attached hydrogens (tertiary/aromatic N) is 6. The lowest BCUT2D eigenvalue weighted by molar-refractivity contribution is 0.620. The summed E-state index contributed by atoms with van der Waals surface area (Å²) in [6.07, 6.45) is 0. The molecule has 0 bridgehead atoms. The molecule has 0 amide bonds. The molecule has 0 atom stereocenters. The summed E-state index contributed by atoms with van der Waals surface area (Å²) < 4.78 is 17.4. The van der Waals surface area contributed by atoms with Gasteiger partial charge in [-0.1, -0.05) is 127 Å². The first-order chi connectivity index (χ1) is 29.7. The summed E-state index contributed by atoms with van der Waals surface area (Å²) in [5.74, 6) is 2.16. The Morgan fingerprint density at radius 2 is 1.00 bits per heavy atom. The minimum atomic E-state index is 0.502. The normalized spacial score (nSPS) is 12.0. The number of oxazole rings is 1. The largest absolute Gasteiger partial charge is 0.455 e. The lowest BCUT2D eigenvalue weighted by Gasteiger charge is -2.13. The summed E-state index contributed by atoms with van der Waals surface area (Å²) in [6, 6.07) is 62.2. The van der Waals surface area contributed by atoms with Gasteiger partial charge in [0.2, 0.25) is 11.8 Å². The molecule has 8 aromatic carbocycles. The standard InChI is InChI=1S/C52H30N6O2/c1-2-14-31(15-3-1)49-54-50(40-22-13-21-39-36-20-6-10-26-44(36)59-48(39)40)56-52(55-49)58-43-25-9-5-19-35(43)38-29-28-37-34-18-4-8-24-42(34)57(46(37)47(38)58)33-17-12-16-32(30-33)51-53-41-23-7-11-27-45(41)60-51/h1-30H. The van der Waals surface area contributed by atoms with E-state index in [-0.39, 0.29) is 0 Å². The van der Waals surface area contributed by atoms with Gasteiger partial charge in [0.1, 0.15) is 16.7 Å². The smallest absolute Gasteiger partial charge is 0.238 e. The lowest BCUT2D eigenvalue weighted by Crippen LogP contribution is -2.07. The van der Waals surface area contributed by atoms with E-state index in [1.165, 1.54) is 0 Å². The average Bonchev–Trinajstić information content (AvgIpc) is 4.09. The maximum absolute atomic E-state index is 6.55. The third-order valence-corrected chi connectivity index (χ3v) is 11.6. The quantitative estimate of drug-likeness (QED) is 0.173. The molecule has 13 rings (SSSR count). The number of hydrogen-bond donors (Lipinski definition) is 0. The van der Waals surface area contributed by atoms with Gasteiger partial charge in [-0.3, -0.25) is 4.57 Å². The van der Waals surface area contributed by atoms with E-state index in [9.17, 15) is 0 Å². The van der Waals surface area contributed by atoms with Crippen LogP contribution in [0.2, 0.25) is 0 Å². The molecule has 0 saturated carbocycles. The molecule has 5 aromatic heterocycles. The Morgan fingerprint density at radius 3 is 1.80 bits per heavy atom. The van der Waals surface area contributed by atoms with Crippen LogP contribution in [0.3, 0.4) is 0 Å². The second-order valence-corrected chi connectivity index (χ2v) is 15.0. The highest BCUT2D eigenvalue weighted by molar-refractivity contribution is 6.23. The molecule has 280 valence electrons. The van der Waals surface area contributed by atoms with Crippen molar-refractivity contribution in [2.75, 3.05) is 0 Å². The van der Waals surface area contributed by atoms with E-state index >= 15 is 0 Å². The van der Waals surface area contributed by atoms with Gasteiger partial charge in [-0.25, -0.2) is 9.97 Å². The van der Waals surface area contributed by atoms with Gasteiger partial charge in [-0.05, 0) is 54.6 Å². The molecule has 60 heavy (non-hydrogen) atoms. The SMILES string of the molecule is c1ccc(-c2nc(-c3cccc4c3oc3ccccc34)nc(-n3c4ccccc4c4ccc5c6ccccc6n(-c6cccc(-c7nc8ccccc8o7)c6)c5c43)n2)cc1. The van der Waals surface area contributed by atoms with Gasteiger partial charge in [-0.2, -0.15) is 9.97 Å². The van der Waals surface area contributed by atoms with Gasteiger partial charge in [0.05, 0.1) is 27.6 Å². The van der Waals surface area contributed by atoms with E-state index in [2.05, 4.69) is 106 Å². The summed E-state index contributed by atoms with van der Waals surface area (Å²) >= 11 is 0. The van der Waals surface area contributed by atoms with E-state index in [1.54, 1.807) is 0 Å². The van der Waals surface area contributed by atoms with Crippen molar-refractivity contribution < 1.29 is 8.83 Å². The van der Waals surface area contributed by atoms with Crippen LogP contribution in [-0.4, -0.2) is 29.1 Å². The van der Waals surface area contributed by atoms with Crippen LogP contribution in [0.4, 0.5) is 0 Å². The van der Waals surface area contributed by atoms with Gasteiger partial charge < -0.3 is 13.4 Å². The summed E-state index contributed by atoms with van der Waals surface area (Å²) in [5, 5.41) is 6.48. The maximum atomic E-state index is 6.55. The fourth-order valence-corrected chi connectivity index (χ4v) is 8.98. The van der Waals surface area contributed by atoms with E-state index in [1.807, 2.05) is 84.9 Å². The summed E-state index contributed by atoms with van der Waals surface area (Å²) in [4.78, 5) is 20.7. The minimum Gasteiger partial charge on any atom is -0.455 e. The molecule has 8 nitrogen and oxygen atoms in total. The molecule has 0 aliphatic heterocycles. The highest BCUT2D eigenvalue weighted by Gasteiger charge is 2.25. The van der Waals surface area contributed by atoms with E-state index in [0.717, 1.165) is 99.0 Å². The van der Waals surface area contributed by atoms with Crippen molar-refractivity contribution in [1.82, 2.24) is 29.1 Å². The van der Waals surface area contributed by atoms with Crippen LogP contribution in [0.1, 0.15) is 0 Å². The summed E-state index contributed by atoms with van der Waals surface area (Å²) in [5.41, 5.74) is 10.7. The molecule has 5 heterocycles. The van der Waals surface area contributed by atoms with E-state index < -0.39 is 0 Å². The first-order valence-electron chi connectivity index (χ1n) is 19.9. The van der Waals surface area contributed by atoms with Gasteiger partial charge in [0, 0.05) is 49.1 Å². The van der Waals surface area contributed by atoms with Crippen molar-refractivity contribution in [3.05, 3.63) is 182 Å². The van der Waals surface area contributed by atoms with E-state index in [4.69, 9.17) is 28.8 Å². The van der Waals surface area contributed by atoms with Gasteiger partial charge >= 0.3 is 0 Å². The Hall–Kier alpha value is -8.36. The predicted octanol–water partition coefficient (Wildman–Crippen LogP) is 13.1. The molecule has 0 fully saturated rings. The number of hydrogen-bond acceptors (Lipinski definition) is 6. The zero-order chi connectivity index (χ0) is 39.3. The summed E-state index contributed by atoms with van der Waals surface area (Å²) in [7, 11) is 0. The maximum Gasteiger partial charge on any atom is 0.238 e. The number of rotatable bonds is 5. The Morgan fingerprint density at radius 1 is 0.383 bits per heavy atom. The van der Waals surface area contributed by atoms with Crippen LogP contribution in [0.15, 0.2) is 191 Å². The molecule has 0 aliphatic carbocycles. The highest BCUT2D eigenvalue weighted by atomic mass is 16.3. The Labute approximate surface area is 341 Å². The number of para-hydroxylation sites is 6. The van der Waals surface area contributed by atoms with Crippen molar-refractivity contribution in [3.63, 3.8) is 0 Å². The lowest BCUT2D eigenvalue weighted by atomic mass is 10.1. The first kappa shape index (κ1) is 32.7. The van der Waals surface area contributed by atoms with Gasteiger partial charge in [0.15, 0.2) is 17.2 Å². The van der Waals surface area contributed by atoms with Crippen molar-refractivity contribution >= 4 is 76.6 Å². The summed E-state index contributed by atoms with van der Waals surface area (Å²) in [6.45, 7) is 0. The first-order valence-corrected chi connectivity index (χ1v) is 19.9. The predicted molar refractivity (Wildman–Crippen MR) is 240 cm³/mol. The zero-order valence-corrected chi connectivity index (χ0v) is 31.8. The number of furan rings is 1. The van der Waals surface area contributed by atoms with Crippen LogP contribution in [0.25, 0.3) is 123 Å². The van der Waals surface area contributed by atoms with Crippen LogP contribution < -0.4 is 0 Å². The van der Waals surface area contributed by atoms with Crippen molar-refractivity contribution in [3.8, 4) is 45.9 Å². The van der Waals surface area contributed by atoms with Crippen LogP contribution in [-0.2, 0) is 0 Å².